The van der Waals surface area contributed by atoms with Gasteiger partial charge in [0.15, 0.2) is 5.78 Å². The second-order valence-corrected chi connectivity index (χ2v) is 9.90. The number of rotatable bonds is 2. The summed E-state index contributed by atoms with van der Waals surface area (Å²) in [6.07, 6.45) is 18.9. The molecule has 6 rings (SSSR count). The third-order valence-electron chi connectivity index (χ3n) is 6.83. The minimum Gasteiger partial charge on any atom is -0.368 e. The van der Waals surface area contributed by atoms with Crippen LogP contribution in [0.4, 0.5) is 0 Å². The van der Waals surface area contributed by atoms with Gasteiger partial charge in [-0.1, -0.05) is 88.8 Å². The Balaban J connectivity index is 0.000000313. The molecule has 174 valence electrons. The number of hydrogen-bond acceptors (Lipinski definition) is 2. The first-order valence-corrected chi connectivity index (χ1v) is 12.9. The summed E-state index contributed by atoms with van der Waals surface area (Å²) in [5.74, 6) is 0.159. The average molecular weight is 522 g/mol. The monoisotopic (exact) mass is 521 g/mol. The molecule has 3 aromatic rings. The van der Waals surface area contributed by atoms with Crippen LogP contribution >= 0.6 is 15.9 Å². The Morgan fingerprint density at radius 2 is 1.66 bits per heavy atom. The number of fused-ring (bicyclic) bond motifs is 5. The van der Waals surface area contributed by atoms with Gasteiger partial charge in [-0.05, 0) is 82.7 Å². The highest BCUT2D eigenvalue weighted by molar-refractivity contribution is 9.10. The molecule has 2 aliphatic carbocycles. The van der Waals surface area contributed by atoms with Gasteiger partial charge in [0, 0.05) is 28.4 Å². The second kappa shape index (κ2) is 10.5. The number of carbonyl (C=O) groups excluding carboxylic acids is 1. The van der Waals surface area contributed by atoms with E-state index >= 15 is 0 Å². The zero-order chi connectivity index (χ0) is 24.2. The SMILES string of the molecule is C1=CC=CNC=C1.Cc1cccc(Br)c1C(=O)C1C=c2c(ccc3c2=CCc2ccccc2-3)CC1. The minimum atomic E-state index is -0.0676. The van der Waals surface area contributed by atoms with Crippen molar-refractivity contribution in [1.29, 1.82) is 0 Å². The number of hydrogen-bond donors (Lipinski definition) is 1. The number of aryl methyl sites for hydroxylation is 2. The number of benzene rings is 3. The van der Waals surface area contributed by atoms with E-state index in [1.807, 2.05) is 61.8 Å². The van der Waals surface area contributed by atoms with Crippen LogP contribution in [0.5, 0.6) is 0 Å². The molecule has 0 amide bonds. The minimum absolute atomic E-state index is 0.0676. The van der Waals surface area contributed by atoms with Gasteiger partial charge in [0.25, 0.3) is 0 Å². The van der Waals surface area contributed by atoms with Crippen molar-refractivity contribution in [2.45, 2.75) is 26.2 Å². The van der Waals surface area contributed by atoms with Crippen LogP contribution in [0.15, 0.2) is 95.8 Å². The van der Waals surface area contributed by atoms with E-state index < -0.39 is 0 Å². The van der Waals surface area contributed by atoms with Crippen LogP contribution in [-0.4, -0.2) is 5.78 Å². The fourth-order valence-corrected chi connectivity index (χ4v) is 5.72. The molecule has 0 saturated heterocycles. The van der Waals surface area contributed by atoms with Crippen LogP contribution in [0.3, 0.4) is 0 Å². The molecule has 0 saturated carbocycles. The van der Waals surface area contributed by atoms with Crippen molar-refractivity contribution in [1.82, 2.24) is 5.32 Å². The first-order chi connectivity index (χ1) is 17.1. The van der Waals surface area contributed by atoms with E-state index in [4.69, 9.17) is 0 Å². The highest BCUT2D eigenvalue weighted by Gasteiger charge is 2.25. The molecule has 0 radical (unpaired) electrons. The Morgan fingerprint density at radius 1 is 0.857 bits per heavy atom. The van der Waals surface area contributed by atoms with Gasteiger partial charge in [-0.2, -0.15) is 0 Å². The fraction of sp³-hybridized carbons (Fsp3) is 0.156. The summed E-state index contributed by atoms with van der Waals surface area (Å²) in [4.78, 5) is 13.3. The lowest BCUT2D eigenvalue weighted by Gasteiger charge is -2.22. The van der Waals surface area contributed by atoms with Crippen molar-refractivity contribution in [2.75, 3.05) is 0 Å². The molecular formula is C32H28BrNO. The molecule has 35 heavy (non-hydrogen) atoms. The zero-order valence-electron chi connectivity index (χ0n) is 19.8. The van der Waals surface area contributed by atoms with Crippen LogP contribution in [0.1, 0.15) is 33.5 Å². The van der Waals surface area contributed by atoms with Crippen molar-refractivity contribution < 1.29 is 4.79 Å². The van der Waals surface area contributed by atoms with E-state index in [0.29, 0.717) is 0 Å². The van der Waals surface area contributed by atoms with Gasteiger partial charge in [-0.25, -0.2) is 0 Å². The van der Waals surface area contributed by atoms with Gasteiger partial charge in [-0.3, -0.25) is 4.79 Å². The highest BCUT2D eigenvalue weighted by atomic mass is 79.9. The third-order valence-corrected chi connectivity index (χ3v) is 7.49. The summed E-state index contributed by atoms with van der Waals surface area (Å²) < 4.78 is 0.896. The smallest absolute Gasteiger partial charge is 0.171 e. The molecule has 2 nitrogen and oxygen atoms in total. The van der Waals surface area contributed by atoms with E-state index in [-0.39, 0.29) is 11.7 Å². The molecular weight excluding hydrogens is 494 g/mol. The molecule has 3 heteroatoms. The van der Waals surface area contributed by atoms with Crippen LogP contribution < -0.4 is 15.8 Å². The second-order valence-electron chi connectivity index (χ2n) is 9.04. The van der Waals surface area contributed by atoms with Crippen molar-refractivity contribution in [2.24, 2.45) is 5.92 Å². The maximum atomic E-state index is 13.3. The van der Waals surface area contributed by atoms with Gasteiger partial charge in [-0.15, -0.1) is 0 Å². The van der Waals surface area contributed by atoms with E-state index in [9.17, 15) is 4.79 Å². The van der Waals surface area contributed by atoms with E-state index in [2.05, 4.69) is 69.8 Å². The zero-order valence-corrected chi connectivity index (χ0v) is 21.4. The molecule has 0 spiro atoms. The van der Waals surface area contributed by atoms with E-state index in [1.54, 1.807) is 0 Å². The molecule has 0 aromatic heterocycles. The molecule has 1 heterocycles. The number of allylic oxidation sites excluding steroid dienone is 4. The van der Waals surface area contributed by atoms with Gasteiger partial charge in [0.05, 0.1) is 0 Å². The first kappa shape index (κ1) is 23.3. The first-order valence-electron chi connectivity index (χ1n) is 12.1. The maximum absolute atomic E-state index is 13.3. The summed E-state index contributed by atoms with van der Waals surface area (Å²) in [5.41, 5.74) is 7.22. The topological polar surface area (TPSA) is 29.1 Å². The standard InChI is InChI=1S/C26H21BrO.C6H7N/c1-16-5-4-8-24(27)25(16)26(28)19-10-9-18-12-13-21-20-7-3-2-6-17(20)11-14-22(21)23(18)15-19;1-2-4-6-7-5-3-1/h2-8,12-15,19H,9-11H2,1H3;1-7H. The average Bonchev–Trinajstić information content (AvgIpc) is 3.21. The highest BCUT2D eigenvalue weighted by Crippen LogP contribution is 2.28. The number of nitrogens with one attached hydrogen (secondary N) is 1. The molecule has 1 atom stereocenters. The third kappa shape index (κ3) is 4.87. The maximum Gasteiger partial charge on any atom is 0.171 e. The summed E-state index contributed by atoms with van der Waals surface area (Å²) in [6.45, 7) is 2.02. The fourth-order valence-electron chi connectivity index (χ4n) is 5.06. The Bertz CT molecular complexity index is 1460. The number of carbonyl (C=O) groups is 1. The molecule has 1 unspecified atom stereocenters. The lowest BCUT2D eigenvalue weighted by Crippen LogP contribution is -2.37. The lowest BCUT2D eigenvalue weighted by atomic mass is 9.82. The van der Waals surface area contributed by atoms with Crippen LogP contribution in [0, 0.1) is 12.8 Å². The normalized spacial score (nSPS) is 16.7. The van der Waals surface area contributed by atoms with Crippen molar-refractivity contribution in [3.8, 4) is 11.1 Å². The number of Topliss-reactive ketones (excluding diaryl/α,β-unsaturated/α-hetero) is 1. The Hall–Kier alpha value is -3.43. The van der Waals surface area contributed by atoms with E-state index in [0.717, 1.165) is 34.9 Å². The quantitative estimate of drug-likeness (QED) is 0.409. The molecule has 1 N–H and O–H groups in total. The molecule has 0 bridgehead atoms. The molecule has 0 fully saturated rings. The molecule has 1 aliphatic heterocycles. The predicted octanol–water partition coefficient (Wildman–Crippen LogP) is 6.16. The van der Waals surface area contributed by atoms with Gasteiger partial charge < -0.3 is 5.32 Å². The van der Waals surface area contributed by atoms with Crippen LogP contribution in [0.25, 0.3) is 23.3 Å². The van der Waals surface area contributed by atoms with E-state index in [1.165, 1.54) is 32.7 Å². The summed E-state index contributed by atoms with van der Waals surface area (Å²) >= 11 is 3.58. The van der Waals surface area contributed by atoms with Crippen molar-refractivity contribution >= 4 is 33.9 Å². The Morgan fingerprint density at radius 3 is 2.46 bits per heavy atom. The van der Waals surface area contributed by atoms with Crippen LogP contribution in [0.2, 0.25) is 0 Å². The summed E-state index contributed by atoms with van der Waals surface area (Å²) in [7, 11) is 0. The van der Waals surface area contributed by atoms with Gasteiger partial charge in [0.2, 0.25) is 0 Å². The predicted molar refractivity (Wildman–Crippen MR) is 149 cm³/mol. The van der Waals surface area contributed by atoms with Gasteiger partial charge >= 0.3 is 0 Å². The Kier molecular flexibility index (Phi) is 6.96. The largest absolute Gasteiger partial charge is 0.368 e. The van der Waals surface area contributed by atoms with Gasteiger partial charge in [0.1, 0.15) is 0 Å². The lowest BCUT2D eigenvalue weighted by molar-refractivity contribution is 0.0945. The Labute approximate surface area is 215 Å². The van der Waals surface area contributed by atoms with Crippen molar-refractivity contribution in [3.63, 3.8) is 0 Å². The molecule has 3 aromatic carbocycles. The summed E-state index contributed by atoms with van der Waals surface area (Å²) in [6, 6.07) is 19.1. The van der Waals surface area contributed by atoms with Crippen LogP contribution in [-0.2, 0) is 12.8 Å². The molecule has 3 aliphatic rings. The number of halogens is 1. The number of ketones is 1. The summed E-state index contributed by atoms with van der Waals surface area (Å²) in [5, 5.41) is 5.49. The van der Waals surface area contributed by atoms with Crippen molar-refractivity contribution in [3.05, 3.63) is 128 Å².